The molecule has 0 aliphatic heterocycles. The zero-order valence-electron chi connectivity index (χ0n) is 8.19. The number of aromatic nitrogens is 2. The van der Waals surface area contributed by atoms with E-state index >= 15 is 0 Å². The van der Waals surface area contributed by atoms with Gasteiger partial charge in [-0.2, -0.15) is 9.78 Å². The van der Waals surface area contributed by atoms with Gasteiger partial charge in [0.1, 0.15) is 11.5 Å². The van der Waals surface area contributed by atoms with Gasteiger partial charge in [-0.15, -0.1) is 0 Å². The third-order valence-corrected chi connectivity index (χ3v) is 2.63. The van der Waals surface area contributed by atoms with E-state index in [-0.39, 0.29) is 10.7 Å². The van der Waals surface area contributed by atoms with Crippen molar-refractivity contribution < 1.29 is 9.50 Å². The first-order valence-electron chi connectivity index (χ1n) is 4.43. The van der Waals surface area contributed by atoms with Crippen LogP contribution in [0, 0.1) is 5.82 Å². The van der Waals surface area contributed by atoms with Crippen molar-refractivity contribution in [2.45, 2.75) is 0 Å². The summed E-state index contributed by atoms with van der Waals surface area (Å²) in [6, 6.07) is 3.75. The Labute approximate surface area is 105 Å². The first-order chi connectivity index (χ1) is 8.00. The molecule has 1 heterocycles. The second kappa shape index (κ2) is 4.35. The Kier molecular flexibility index (Phi) is 3.04. The van der Waals surface area contributed by atoms with Gasteiger partial charge in [0.05, 0.1) is 6.20 Å². The van der Waals surface area contributed by atoms with Crippen LogP contribution in [-0.2, 0) is 0 Å². The van der Waals surface area contributed by atoms with Gasteiger partial charge in [-0.1, -0.05) is 23.2 Å². The zero-order chi connectivity index (χ0) is 12.6. The molecule has 17 heavy (non-hydrogen) atoms. The van der Waals surface area contributed by atoms with Crippen molar-refractivity contribution in [1.29, 1.82) is 0 Å². The highest BCUT2D eigenvalue weighted by Gasteiger charge is 2.12. The normalized spacial score (nSPS) is 10.5. The molecule has 0 unspecified atom stereocenters. The molecule has 0 amide bonds. The van der Waals surface area contributed by atoms with Gasteiger partial charge in [-0.3, -0.25) is 4.79 Å². The van der Waals surface area contributed by atoms with Crippen molar-refractivity contribution in [2.75, 3.05) is 0 Å². The van der Waals surface area contributed by atoms with Crippen molar-refractivity contribution in [3.63, 3.8) is 0 Å². The first kappa shape index (κ1) is 11.9. The average molecular weight is 275 g/mol. The van der Waals surface area contributed by atoms with Crippen LogP contribution in [0.4, 0.5) is 4.39 Å². The maximum absolute atomic E-state index is 13.6. The highest BCUT2D eigenvalue weighted by molar-refractivity contribution is 6.31. The molecule has 1 N–H and O–H groups in total. The smallest absolute Gasteiger partial charge is 0.294 e. The lowest BCUT2D eigenvalue weighted by Gasteiger charge is -2.06. The molecule has 2 rings (SSSR count). The summed E-state index contributed by atoms with van der Waals surface area (Å²) in [5, 5.41) is 12.5. The second-order valence-electron chi connectivity index (χ2n) is 3.16. The minimum atomic E-state index is -0.812. The molecule has 1 aromatic carbocycles. The van der Waals surface area contributed by atoms with Crippen LogP contribution in [0.5, 0.6) is 5.75 Å². The minimum absolute atomic E-state index is 0.0960. The van der Waals surface area contributed by atoms with E-state index in [1.165, 1.54) is 12.1 Å². The number of aromatic hydroxyl groups is 1. The number of hydrogen-bond acceptors (Lipinski definition) is 3. The monoisotopic (exact) mass is 274 g/mol. The molecule has 4 nitrogen and oxygen atoms in total. The third kappa shape index (κ3) is 2.11. The average Bonchev–Trinajstić information content (AvgIpc) is 2.28. The maximum Gasteiger partial charge on any atom is 0.294 e. The summed E-state index contributed by atoms with van der Waals surface area (Å²) in [4.78, 5) is 11.6. The molecule has 0 bridgehead atoms. The molecule has 0 saturated carbocycles. The van der Waals surface area contributed by atoms with Crippen LogP contribution in [0.25, 0.3) is 5.69 Å². The summed E-state index contributed by atoms with van der Waals surface area (Å²) < 4.78 is 14.3. The number of hydrogen-bond donors (Lipinski definition) is 1. The van der Waals surface area contributed by atoms with Crippen LogP contribution >= 0.6 is 23.2 Å². The van der Waals surface area contributed by atoms with Crippen molar-refractivity contribution in [2.24, 2.45) is 0 Å². The lowest BCUT2D eigenvalue weighted by molar-refractivity contribution is 0.466. The van der Waals surface area contributed by atoms with Crippen LogP contribution in [0.2, 0.25) is 10.0 Å². The number of halogens is 3. The van der Waals surface area contributed by atoms with Crippen molar-refractivity contribution in [1.82, 2.24) is 9.78 Å². The highest BCUT2D eigenvalue weighted by atomic mass is 35.5. The number of benzene rings is 1. The van der Waals surface area contributed by atoms with Crippen molar-refractivity contribution >= 4 is 23.2 Å². The topological polar surface area (TPSA) is 55.1 Å². The molecule has 0 spiro atoms. The predicted octanol–water partition coefficient (Wildman–Crippen LogP) is 2.38. The van der Waals surface area contributed by atoms with E-state index in [0.29, 0.717) is 0 Å². The summed E-state index contributed by atoms with van der Waals surface area (Å²) >= 11 is 11.1. The van der Waals surface area contributed by atoms with Gasteiger partial charge in [0.2, 0.25) is 0 Å². The summed E-state index contributed by atoms with van der Waals surface area (Å²) in [7, 11) is 0. The molecule has 0 fully saturated rings. The lowest BCUT2D eigenvalue weighted by atomic mass is 10.3. The Hall–Kier alpha value is -1.59. The Morgan fingerprint density at radius 1 is 1.35 bits per heavy atom. The Morgan fingerprint density at radius 3 is 2.71 bits per heavy atom. The van der Waals surface area contributed by atoms with Crippen LogP contribution in [0.15, 0.2) is 29.2 Å². The molecule has 1 aromatic heterocycles. The van der Waals surface area contributed by atoms with Crippen LogP contribution < -0.4 is 5.56 Å². The zero-order valence-corrected chi connectivity index (χ0v) is 9.71. The largest absolute Gasteiger partial charge is 0.505 e. The Balaban J connectivity index is 2.70. The van der Waals surface area contributed by atoms with Gasteiger partial charge in [0, 0.05) is 5.02 Å². The van der Waals surface area contributed by atoms with Crippen LogP contribution in [-0.4, -0.2) is 14.9 Å². The molecule has 0 aliphatic rings. The van der Waals surface area contributed by atoms with E-state index in [2.05, 4.69) is 5.10 Å². The lowest BCUT2D eigenvalue weighted by Crippen LogP contribution is -2.22. The Bertz CT molecular complexity index is 643. The SMILES string of the molecule is O=c1c(Cl)c(O)cnn1-c1ccc(Cl)cc1F. The fourth-order valence-corrected chi connectivity index (χ4v) is 1.54. The van der Waals surface area contributed by atoms with Gasteiger partial charge in [0.25, 0.3) is 5.56 Å². The molecule has 0 aliphatic carbocycles. The van der Waals surface area contributed by atoms with E-state index in [1.54, 1.807) is 0 Å². The quantitative estimate of drug-likeness (QED) is 0.869. The maximum atomic E-state index is 13.6. The van der Waals surface area contributed by atoms with Gasteiger partial charge in [-0.05, 0) is 18.2 Å². The third-order valence-electron chi connectivity index (χ3n) is 2.04. The summed E-state index contributed by atoms with van der Waals surface area (Å²) in [6.07, 6.45) is 0.956. The van der Waals surface area contributed by atoms with Crippen LogP contribution in [0.3, 0.4) is 0 Å². The van der Waals surface area contributed by atoms with E-state index in [4.69, 9.17) is 28.3 Å². The number of nitrogens with zero attached hydrogens (tertiary/aromatic N) is 2. The molecule has 2 aromatic rings. The van der Waals surface area contributed by atoms with Gasteiger partial charge >= 0.3 is 0 Å². The highest BCUT2D eigenvalue weighted by Crippen LogP contribution is 2.19. The summed E-state index contributed by atoms with van der Waals surface area (Å²) in [5.41, 5.74) is -0.908. The molecular weight excluding hydrogens is 270 g/mol. The minimum Gasteiger partial charge on any atom is -0.505 e. The van der Waals surface area contributed by atoms with Gasteiger partial charge < -0.3 is 5.11 Å². The van der Waals surface area contributed by atoms with Crippen molar-refractivity contribution in [3.8, 4) is 11.4 Å². The van der Waals surface area contributed by atoms with E-state index < -0.39 is 22.1 Å². The molecule has 0 saturated heterocycles. The second-order valence-corrected chi connectivity index (χ2v) is 3.97. The standard InChI is InChI=1S/C10H5Cl2FN2O2/c11-5-1-2-7(6(13)3-5)15-10(17)9(12)8(16)4-14-15/h1-4,16H. The fraction of sp³-hybridized carbons (Fsp3) is 0. The molecular formula is C10H5Cl2FN2O2. The predicted molar refractivity (Wildman–Crippen MR) is 61.5 cm³/mol. The fourth-order valence-electron chi connectivity index (χ4n) is 1.25. The van der Waals surface area contributed by atoms with Gasteiger partial charge in [-0.25, -0.2) is 4.39 Å². The van der Waals surface area contributed by atoms with E-state index in [1.807, 2.05) is 0 Å². The molecule has 0 atom stereocenters. The van der Waals surface area contributed by atoms with Crippen LogP contribution in [0.1, 0.15) is 0 Å². The molecule has 7 heteroatoms. The first-order valence-corrected chi connectivity index (χ1v) is 5.18. The van der Waals surface area contributed by atoms with Crippen molar-refractivity contribution in [3.05, 3.63) is 50.6 Å². The summed E-state index contributed by atoms with van der Waals surface area (Å²) in [6.45, 7) is 0. The van der Waals surface area contributed by atoms with E-state index in [9.17, 15) is 9.18 Å². The summed E-state index contributed by atoms with van der Waals surface area (Å²) in [5.74, 6) is -1.17. The number of rotatable bonds is 1. The molecule has 88 valence electrons. The van der Waals surface area contributed by atoms with E-state index in [0.717, 1.165) is 16.9 Å². The van der Waals surface area contributed by atoms with Gasteiger partial charge in [0.15, 0.2) is 10.8 Å². The molecule has 0 radical (unpaired) electrons. The Morgan fingerprint density at radius 2 is 2.06 bits per heavy atom.